The molecule has 3 N–H and O–H groups in total. The van der Waals surface area contributed by atoms with Crippen molar-refractivity contribution in [3.05, 3.63) is 30.9 Å². The van der Waals surface area contributed by atoms with Gasteiger partial charge < -0.3 is 15.6 Å². The van der Waals surface area contributed by atoms with E-state index in [-0.39, 0.29) is 0 Å². The Bertz CT molecular complexity index is 339. The number of aryl methyl sites for hydroxylation is 1. The predicted octanol–water partition coefficient (Wildman–Crippen LogP) is 0.754. The first-order chi connectivity index (χ1) is 7.68. The molecule has 1 aromatic heterocycles. The highest BCUT2D eigenvalue weighted by Gasteiger charge is 1.92. The number of nitrogens with one attached hydrogen (secondary N) is 1. The van der Waals surface area contributed by atoms with Gasteiger partial charge in [0.05, 0.1) is 12.9 Å². The van der Waals surface area contributed by atoms with Crippen LogP contribution >= 0.6 is 0 Å². The molecule has 0 aliphatic carbocycles. The van der Waals surface area contributed by atoms with E-state index in [2.05, 4.69) is 21.9 Å². The molecule has 1 rings (SSSR count). The molecule has 0 atom stereocenters. The van der Waals surface area contributed by atoms with Crippen LogP contribution < -0.4 is 11.1 Å². The largest absolute Gasteiger partial charge is 0.370 e. The first-order valence-corrected chi connectivity index (χ1v) is 5.32. The molecule has 88 valence electrons. The second kappa shape index (κ2) is 6.66. The molecule has 1 heterocycles. The van der Waals surface area contributed by atoms with Crippen LogP contribution in [0.4, 0.5) is 0 Å². The third-order valence-electron chi connectivity index (χ3n) is 1.98. The fourth-order valence-corrected chi connectivity index (χ4v) is 1.17. The van der Waals surface area contributed by atoms with E-state index in [1.165, 1.54) is 0 Å². The molecule has 0 aromatic carbocycles. The van der Waals surface area contributed by atoms with Crippen LogP contribution in [0, 0.1) is 0 Å². The maximum Gasteiger partial charge on any atom is 0.188 e. The van der Waals surface area contributed by atoms with Crippen LogP contribution in [0.15, 0.2) is 35.9 Å². The summed E-state index contributed by atoms with van der Waals surface area (Å²) in [5.74, 6) is 0.480. The highest BCUT2D eigenvalue weighted by molar-refractivity contribution is 5.77. The van der Waals surface area contributed by atoms with E-state index in [1.807, 2.05) is 17.7 Å². The summed E-state index contributed by atoms with van der Waals surface area (Å²) in [6.45, 7) is 8.01. The smallest absolute Gasteiger partial charge is 0.188 e. The molecule has 0 saturated heterocycles. The molecule has 5 nitrogen and oxygen atoms in total. The quantitative estimate of drug-likeness (QED) is 0.322. The maximum absolute atomic E-state index is 5.66. The van der Waals surface area contributed by atoms with Crippen molar-refractivity contribution in [3.63, 3.8) is 0 Å². The van der Waals surface area contributed by atoms with Crippen LogP contribution in [0.25, 0.3) is 0 Å². The average molecular weight is 221 g/mol. The van der Waals surface area contributed by atoms with Crippen LogP contribution in [0.5, 0.6) is 0 Å². The van der Waals surface area contributed by atoms with Crippen molar-refractivity contribution >= 4 is 5.96 Å². The molecule has 1 aromatic rings. The van der Waals surface area contributed by atoms with Gasteiger partial charge in [-0.15, -0.1) is 0 Å². The van der Waals surface area contributed by atoms with Crippen LogP contribution in [-0.4, -0.2) is 28.6 Å². The molecule has 5 heteroatoms. The minimum Gasteiger partial charge on any atom is -0.370 e. The predicted molar refractivity (Wildman–Crippen MR) is 66.2 cm³/mol. The van der Waals surface area contributed by atoms with Crippen molar-refractivity contribution in [3.8, 4) is 0 Å². The fourth-order valence-electron chi connectivity index (χ4n) is 1.17. The molecule has 0 amide bonds. The normalized spacial score (nSPS) is 11.4. The Morgan fingerprint density at radius 1 is 1.62 bits per heavy atom. The Balaban J connectivity index is 2.11. The standard InChI is InChI=1S/C11H19N5/c1-10(2)8-15-11(12)14-4-3-6-16-7-5-13-9-16/h5,7,9H,1,3-4,6,8H2,2H3,(H3,12,14,15). The van der Waals surface area contributed by atoms with Gasteiger partial charge in [0, 0.05) is 25.5 Å². The molecule has 0 fully saturated rings. The van der Waals surface area contributed by atoms with Gasteiger partial charge in [-0.1, -0.05) is 12.2 Å². The fraction of sp³-hybridized carbons (Fsp3) is 0.455. The summed E-state index contributed by atoms with van der Waals surface area (Å²) in [6.07, 6.45) is 6.51. The summed E-state index contributed by atoms with van der Waals surface area (Å²) in [6, 6.07) is 0. The van der Waals surface area contributed by atoms with E-state index in [0.29, 0.717) is 12.5 Å². The molecule has 0 saturated carbocycles. The number of imidazole rings is 1. The lowest BCUT2D eigenvalue weighted by Gasteiger charge is -2.05. The molecule has 0 aliphatic rings. The zero-order valence-corrected chi connectivity index (χ0v) is 9.69. The number of rotatable bonds is 6. The third kappa shape index (κ3) is 5.19. The van der Waals surface area contributed by atoms with Crippen molar-refractivity contribution in [1.82, 2.24) is 14.9 Å². The SMILES string of the molecule is C=C(C)CN=C(N)NCCCn1ccnc1. The summed E-state index contributed by atoms with van der Waals surface area (Å²) in [7, 11) is 0. The zero-order chi connectivity index (χ0) is 11.8. The minimum atomic E-state index is 0.480. The van der Waals surface area contributed by atoms with Crippen LogP contribution in [-0.2, 0) is 6.54 Å². The number of guanidine groups is 1. The van der Waals surface area contributed by atoms with E-state index in [4.69, 9.17) is 5.73 Å². The highest BCUT2D eigenvalue weighted by Crippen LogP contribution is 1.89. The topological polar surface area (TPSA) is 68.2 Å². The Morgan fingerprint density at radius 3 is 3.06 bits per heavy atom. The monoisotopic (exact) mass is 221 g/mol. The molecule has 16 heavy (non-hydrogen) atoms. The van der Waals surface area contributed by atoms with Gasteiger partial charge >= 0.3 is 0 Å². The first-order valence-electron chi connectivity index (χ1n) is 5.32. The van der Waals surface area contributed by atoms with Gasteiger partial charge in [-0.05, 0) is 13.3 Å². The lowest BCUT2D eigenvalue weighted by Crippen LogP contribution is -2.33. The Hall–Kier alpha value is -1.78. The maximum atomic E-state index is 5.66. The van der Waals surface area contributed by atoms with E-state index < -0.39 is 0 Å². The molecular formula is C11H19N5. The zero-order valence-electron chi connectivity index (χ0n) is 9.69. The van der Waals surface area contributed by atoms with Gasteiger partial charge in [-0.3, -0.25) is 0 Å². The highest BCUT2D eigenvalue weighted by atomic mass is 15.1. The van der Waals surface area contributed by atoms with E-state index in [1.54, 1.807) is 12.5 Å². The number of nitrogens with two attached hydrogens (primary N) is 1. The first kappa shape index (κ1) is 12.3. The Kier molecular flexibility index (Phi) is 5.11. The van der Waals surface area contributed by atoms with Gasteiger partial charge in [0.15, 0.2) is 5.96 Å². The summed E-state index contributed by atoms with van der Waals surface area (Å²) in [5, 5.41) is 3.05. The molecule has 0 spiro atoms. The van der Waals surface area contributed by atoms with Gasteiger partial charge in [0.1, 0.15) is 0 Å². The molecule has 0 aliphatic heterocycles. The van der Waals surface area contributed by atoms with E-state index in [9.17, 15) is 0 Å². The average Bonchev–Trinajstić information content (AvgIpc) is 2.74. The summed E-state index contributed by atoms with van der Waals surface area (Å²) in [4.78, 5) is 8.09. The second-order valence-corrected chi connectivity index (χ2v) is 3.74. The second-order valence-electron chi connectivity index (χ2n) is 3.74. The summed E-state index contributed by atoms with van der Waals surface area (Å²) < 4.78 is 2.03. The van der Waals surface area contributed by atoms with Crippen molar-refractivity contribution in [1.29, 1.82) is 0 Å². The van der Waals surface area contributed by atoms with E-state index >= 15 is 0 Å². The number of nitrogens with zero attached hydrogens (tertiary/aromatic N) is 3. The molecule has 0 unspecified atom stereocenters. The Labute approximate surface area is 96.1 Å². The number of hydrogen-bond donors (Lipinski definition) is 2. The molecule has 0 radical (unpaired) electrons. The number of aliphatic imine (C=N–C) groups is 1. The number of hydrogen-bond acceptors (Lipinski definition) is 2. The third-order valence-corrected chi connectivity index (χ3v) is 1.98. The van der Waals surface area contributed by atoms with Crippen LogP contribution in [0.1, 0.15) is 13.3 Å². The summed E-state index contributed by atoms with van der Waals surface area (Å²) >= 11 is 0. The van der Waals surface area contributed by atoms with Crippen molar-refractivity contribution < 1.29 is 0 Å². The van der Waals surface area contributed by atoms with Gasteiger partial charge in [0.25, 0.3) is 0 Å². The van der Waals surface area contributed by atoms with Gasteiger partial charge in [0.2, 0.25) is 0 Å². The summed E-state index contributed by atoms with van der Waals surface area (Å²) in [5.41, 5.74) is 6.66. The molecular weight excluding hydrogens is 202 g/mol. The van der Waals surface area contributed by atoms with Crippen molar-refractivity contribution in [2.75, 3.05) is 13.1 Å². The lowest BCUT2D eigenvalue weighted by atomic mass is 10.4. The minimum absolute atomic E-state index is 0.480. The lowest BCUT2D eigenvalue weighted by molar-refractivity contribution is 0.629. The van der Waals surface area contributed by atoms with Gasteiger partial charge in [-0.2, -0.15) is 0 Å². The van der Waals surface area contributed by atoms with Crippen LogP contribution in [0.2, 0.25) is 0 Å². The number of aromatic nitrogens is 2. The van der Waals surface area contributed by atoms with Crippen LogP contribution in [0.3, 0.4) is 0 Å². The van der Waals surface area contributed by atoms with Crippen molar-refractivity contribution in [2.24, 2.45) is 10.7 Å². The van der Waals surface area contributed by atoms with Crippen molar-refractivity contribution in [2.45, 2.75) is 19.9 Å². The Morgan fingerprint density at radius 2 is 2.44 bits per heavy atom. The molecule has 0 bridgehead atoms. The van der Waals surface area contributed by atoms with Gasteiger partial charge in [-0.25, -0.2) is 9.98 Å². The van der Waals surface area contributed by atoms with E-state index in [0.717, 1.165) is 25.1 Å².